The van der Waals surface area contributed by atoms with Crippen molar-refractivity contribution in [1.29, 1.82) is 0 Å². The van der Waals surface area contributed by atoms with Crippen LogP contribution in [-0.4, -0.2) is 30.2 Å². The molecule has 4 heteroatoms. The van der Waals surface area contributed by atoms with Gasteiger partial charge in [-0.2, -0.15) is 0 Å². The number of carbonyl (C=O) groups is 1. The molecule has 1 heterocycles. The summed E-state index contributed by atoms with van der Waals surface area (Å²) in [6.07, 6.45) is 2.64. The van der Waals surface area contributed by atoms with Gasteiger partial charge in [-0.15, -0.1) is 0 Å². The van der Waals surface area contributed by atoms with E-state index in [1.807, 2.05) is 18.2 Å². The van der Waals surface area contributed by atoms with Crippen molar-refractivity contribution in [3.05, 3.63) is 30.3 Å². The zero-order valence-electron chi connectivity index (χ0n) is 10.5. The lowest BCUT2D eigenvalue weighted by Crippen LogP contribution is -2.38. The Morgan fingerprint density at radius 1 is 1.33 bits per heavy atom. The van der Waals surface area contributed by atoms with Crippen LogP contribution in [0, 0.1) is 5.92 Å². The molecule has 2 rings (SSSR count). The first-order chi connectivity index (χ1) is 8.66. The number of hydrogen-bond acceptors (Lipinski definition) is 3. The average molecular weight is 248 g/mol. The number of benzene rings is 1. The smallest absolute Gasteiger partial charge is 0.320 e. The molecule has 1 aliphatic heterocycles. The molecule has 1 aromatic carbocycles. The van der Waals surface area contributed by atoms with Crippen molar-refractivity contribution in [1.82, 2.24) is 0 Å². The largest absolute Gasteiger partial charge is 0.480 e. The van der Waals surface area contributed by atoms with Crippen LogP contribution in [0.1, 0.15) is 19.3 Å². The standard InChI is InChI=1S/C14H20N2O2/c15-13(14(17)18)10-11-6-8-16(9-7-11)12-4-2-1-3-5-12/h1-5,11,13H,6-10,15H2,(H,17,18)/t13-/m1/s1. The maximum absolute atomic E-state index is 10.7. The highest BCUT2D eigenvalue weighted by molar-refractivity contribution is 5.73. The van der Waals surface area contributed by atoms with Crippen molar-refractivity contribution in [3.8, 4) is 0 Å². The van der Waals surface area contributed by atoms with E-state index < -0.39 is 12.0 Å². The predicted molar refractivity (Wildman–Crippen MR) is 71.6 cm³/mol. The molecule has 1 saturated heterocycles. The molecule has 0 saturated carbocycles. The lowest BCUT2D eigenvalue weighted by molar-refractivity contribution is -0.139. The zero-order chi connectivity index (χ0) is 13.0. The Bertz CT molecular complexity index is 386. The summed E-state index contributed by atoms with van der Waals surface area (Å²) in [7, 11) is 0. The molecule has 0 spiro atoms. The summed E-state index contributed by atoms with van der Waals surface area (Å²) in [6.45, 7) is 1.97. The second-order valence-corrected chi connectivity index (χ2v) is 4.95. The Hall–Kier alpha value is -1.55. The van der Waals surface area contributed by atoms with E-state index in [9.17, 15) is 4.79 Å². The van der Waals surface area contributed by atoms with Crippen LogP contribution in [-0.2, 0) is 4.79 Å². The summed E-state index contributed by atoms with van der Waals surface area (Å²) in [6, 6.07) is 9.62. The SMILES string of the molecule is N[C@H](CC1CCN(c2ccccc2)CC1)C(=O)O. The first-order valence-electron chi connectivity index (χ1n) is 6.45. The third-order valence-corrected chi connectivity index (χ3v) is 3.64. The molecule has 1 aromatic rings. The molecule has 1 aliphatic rings. The fourth-order valence-corrected chi connectivity index (χ4v) is 2.53. The molecule has 0 aliphatic carbocycles. The molecule has 0 bridgehead atoms. The number of carboxylic acids is 1. The third-order valence-electron chi connectivity index (χ3n) is 3.64. The Morgan fingerprint density at radius 3 is 2.50 bits per heavy atom. The molecule has 1 atom stereocenters. The van der Waals surface area contributed by atoms with Gasteiger partial charge in [-0.05, 0) is 37.3 Å². The summed E-state index contributed by atoms with van der Waals surface area (Å²) in [5, 5.41) is 8.81. The van der Waals surface area contributed by atoms with Gasteiger partial charge in [0.2, 0.25) is 0 Å². The number of anilines is 1. The summed E-state index contributed by atoms with van der Waals surface area (Å²) in [4.78, 5) is 13.1. The van der Waals surface area contributed by atoms with Crippen LogP contribution in [0.25, 0.3) is 0 Å². The van der Waals surface area contributed by atoms with E-state index in [0.717, 1.165) is 25.9 Å². The zero-order valence-corrected chi connectivity index (χ0v) is 10.5. The van der Waals surface area contributed by atoms with Crippen LogP contribution in [0.3, 0.4) is 0 Å². The number of carboxylic acid groups (broad SMARTS) is 1. The van der Waals surface area contributed by atoms with Gasteiger partial charge in [0.15, 0.2) is 0 Å². The van der Waals surface area contributed by atoms with E-state index in [1.165, 1.54) is 5.69 Å². The fourth-order valence-electron chi connectivity index (χ4n) is 2.53. The number of rotatable bonds is 4. The lowest BCUT2D eigenvalue weighted by atomic mass is 9.90. The Balaban J connectivity index is 1.83. The average Bonchev–Trinajstić information content (AvgIpc) is 2.40. The van der Waals surface area contributed by atoms with Gasteiger partial charge in [0.25, 0.3) is 0 Å². The van der Waals surface area contributed by atoms with Crippen LogP contribution in [0.5, 0.6) is 0 Å². The molecule has 18 heavy (non-hydrogen) atoms. The number of hydrogen-bond donors (Lipinski definition) is 2. The fraction of sp³-hybridized carbons (Fsp3) is 0.500. The van der Waals surface area contributed by atoms with Crippen LogP contribution < -0.4 is 10.6 Å². The minimum absolute atomic E-state index is 0.441. The van der Waals surface area contributed by atoms with E-state index in [1.54, 1.807) is 0 Å². The molecule has 0 unspecified atom stereocenters. The highest BCUT2D eigenvalue weighted by atomic mass is 16.4. The number of nitrogens with zero attached hydrogens (tertiary/aromatic N) is 1. The van der Waals surface area contributed by atoms with E-state index in [-0.39, 0.29) is 0 Å². The molecule has 4 nitrogen and oxygen atoms in total. The number of aliphatic carboxylic acids is 1. The van der Waals surface area contributed by atoms with Crippen molar-refractivity contribution >= 4 is 11.7 Å². The van der Waals surface area contributed by atoms with Gasteiger partial charge >= 0.3 is 5.97 Å². The Morgan fingerprint density at radius 2 is 1.94 bits per heavy atom. The van der Waals surface area contributed by atoms with E-state index in [4.69, 9.17) is 10.8 Å². The molecule has 3 N–H and O–H groups in total. The molecule has 0 aromatic heterocycles. The van der Waals surface area contributed by atoms with Gasteiger partial charge in [-0.1, -0.05) is 18.2 Å². The maximum Gasteiger partial charge on any atom is 0.320 e. The minimum Gasteiger partial charge on any atom is -0.480 e. The lowest BCUT2D eigenvalue weighted by Gasteiger charge is -2.34. The van der Waals surface area contributed by atoms with Crippen LogP contribution in [0.15, 0.2) is 30.3 Å². The van der Waals surface area contributed by atoms with Crippen LogP contribution >= 0.6 is 0 Å². The summed E-state index contributed by atoms with van der Waals surface area (Å²) in [5.41, 5.74) is 6.83. The quantitative estimate of drug-likeness (QED) is 0.851. The maximum atomic E-state index is 10.7. The second-order valence-electron chi connectivity index (χ2n) is 4.95. The van der Waals surface area contributed by atoms with Gasteiger partial charge in [-0.25, -0.2) is 0 Å². The van der Waals surface area contributed by atoms with E-state index in [0.29, 0.717) is 12.3 Å². The number of piperidine rings is 1. The highest BCUT2D eigenvalue weighted by Gasteiger charge is 2.23. The van der Waals surface area contributed by atoms with Crippen LogP contribution in [0.2, 0.25) is 0 Å². The van der Waals surface area contributed by atoms with Gasteiger partial charge in [-0.3, -0.25) is 4.79 Å². The molecule has 0 radical (unpaired) electrons. The van der Waals surface area contributed by atoms with Gasteiger partial charge in [0.1, 0.15) is 6.04 Å². The van der Waals surface area contributed by atoms with Crippen molar-refractivity contribution < 1.29 is 9.90 Å². The number of para-hydroxylation sites is 1. The number of nitrogens with two attached hydrogens (primary N) is 1. The normalized spacial score (nSPS) is 18.6. The van der Waals surface area contributed by atoms with Crippen molar-refractivity contribution in [2.24, 2.45) is 11.7 Å². The molecule has 98 valence electrons. The molecule has 1 fully saturated rings. The topological polar surface area (TPSA) is 66.6 Å². The molecular formula is C14H20N2O2. The molecular weight excluding hydrogens is 228 g/mol. The molecule has 0 amide bonds. The Kier molecular flexibility index (Phi) is 4.20. The first kappa shape index (κ1) is 12.9. The van der Waals surface area contributed by atoms with Crippen LogP contribution in [0.4, 0.5) is 5.69 Å². The van der Waals surface area contributed by atoms with Gasteiger partial charge in [0.05, 0.1) is 0 Å². The Labute approximate surface area is 107 Å². The minimum atomic E-state index is -0.888. The van der Waals surface area contributed by atoms with Crippen molar-refractivity contribution in [2.45, 2.75) is 25.3 Å². The predicted octanol–water partition coefficient (Wildman–Crippen LogP) is 1.70. The monoisotopic (exact) mass is 248 g/mol. The van der Waals surface area contributed by atoms with E-state index in [2.05, 4.69) is 17.0 Å². The summed E-state index contributed by atoms with van der Waals surface area (Å²) >= 11 is 0. The van der Waals surface area contributed by atoms with Crippen molar-refractivity contribution in [2.75, 3.05) is 18.0 Å². The van der Waals surface area contributed by atoms with E-state index >= 15 is 0 Å². The highest BCUT2D eigenvalue weighted by Crippen LogP contribution is 2.25. The summed E-state index contributed by atoms with van der Waals surface area (Å²) in [5.74, 6) is -0.448. The van der Waals surface area contributed by atoms with Gasteiger partial charge < -0.3 is 15.7 Å². The summed E-state index contributed by atoms with van der Waals surface area (Å²) < 4.78 is 0. The third kappa shape index (κ3) is 3.23. The first-order valence-corrected chi connectivity index (χ1v) is 6.45. The van der Waals surface area contributed by atoms with Crippen molar-refractivity contribution in [3.63, 3.8) is 0 Å². The second kappa shape index (κ2) is 5.87. The van der Waals surface area contributed by atoms with Gasteiger partial charge in [0, 0.05) is 18.8 Å².